The average molecular weight is 338 g/mol. The molecule has 0 saturated carbocycles. The largest absolute Gasteiger partial charge is 0.367 e. The number of hydrogen-bond donors (Lipinski definition) is 1. The van der Waals surface area contributed by atoms with Crippen molar-refractivity contribution in [2.24, 2.45) is 0 Å². The monoisotopic (exact) mass is 338 g/mol. The minimum absolute atomic E-state index is 0.158. The van der Waals surface area contributed by atoms with Gasteiger partial charge in [0.1, 0.15) is 5.82 Å². The Kier molecular flexibility index (Phi) is 4.01. The Morgan fingerprint density at radius 3 is 2.70 bits per heavy atom. The van der Waals surface area contributed by atoms with E-state index < -0.39 is 10.0 Å². The molecule has 9 heteroatoms. The van der Waals surface area contributed by atoms with Crippen LogP contribution in [0.3, 0.4) is 0 Å². The van der Waals surface area contributed by atoms with E-state index in [1.807, 2.05) is 12.1 Å². The first-order chi connectivity index (χ1) is 10.8. The van der Waals surface area contributed by atoms with Crippen molar-refractivity contribution >= 4 is 21.5 Å². The van der Waals surface area contributed by atoms with E-state index in [1.54, 1.807) is 4.52 Å². The molecule has 3 heterocycles. The van der Waals surface area contributed by atoms with E-state index in [4.69, 9.17) is 0 Å². The van der Waals surface area contributed by atoms with Gasteiger partial charge in [0.25, 0.3) is 0 Å². The number of nitrogens with one attached hydrogen (secondary N) is 1. The summed E-state index contributed by atoms with van der Waals surface area (Å²) >= 11 is 0. The van der Waals surface area contributed by atoms with Gasteiger partial charge in [-0.15, -0.1) is 15.3 Å². The van der Waals surface area contributed by atoms with Crippen molar-refractivity contribution in [3.8, 4) is 0 Å². The Bertz CT molecular complexity index is 808. The maximum Gasteiger partial charge on any atom is 0.214 e. The Hall–Kier alpha value is -1.74. The maximum atomic E-state index is 11.8. The fourth-order valence-electron chi connectivity index (χ4n) is 2.60. The molecule has 0 atom stereocenters. The van der Waals surface area contributed by atoms with Crippen LogP contribution in [0.15, 0.2) is 12.1 Å². The number of anilines is 1. The van der Waals surface area contributed by atoms with Gasteiger partial charge >= 0.3 is 0 Å². The van der Waals surface area contributed by atoms with Gasteiger partial charge in [0.2, 0.25) is 10.0 Å². The summed E-state index contributed by atoms with van der Waals surface area (Å²) in [5.74, 6) is 1.73. The third-order valence-electron chi connectivity index (χ3n) is 3.80. The van der Waals surface area contributed by atoms with Crippen molar-refractivity contribution in [3.05, 3.63) is 18.0 Å². The zero-order valence-corrected chi connectivity index (χ0v) is 14.5. The lowest BCUT2D eigenvalue weighted by Gasteiger charge is -2.16. The van der Waals surface area contributed by atoms with Crippen LogP contribution in [0.4, 0.5) is 5.82 Å². The van der Waals surface area contributed by atoms with Crippen LogP contribution in [0.2, 0.25) is 0 Å². The smallest absolute Gasteiger partial charge is 0.214 e. The van der Waals surface area contributed by atoms with E-state index in [0.717, 1.165) is 5.82 Å². The molecule has 0 amide bonds. The number of aromatic nitrogens is 4. The van der Waals surface area contributed by atoms with Crippen LogP contribution < -0.4 is 5.32 Å². The molecule has 126 valence electrons. The van der Waals surface area contributed by atoms with Gasteiger partial charge in [0, 0.05) is 25.0 Å². The van der Waals surface area contributed by atoms with Gasteiger partial charge in [-0.25, -0.2) is 12.7 Å². The van der Waals surface area contributed by atoms with E-state index in [2.05, 4.69) is 41.4 Å². The average Bonchev–Trinajstić information content (AvgIpc) is 3.01. The van der Waals surface area contributed by atoms with Gasteiger partial charge < -0.3 is 5.32 Å². The standard InChI is InChI=1S/C14H22N6O2S/c1-14(2,3)13-17-16-12-6-5-11(18-20(12)13)15-7-9-19-8-4-10-23(19,21)22/h5-6H,4,7-10H2,1-3H3,(H,15,18). The van der Waals surface area contributed by atoms with Gasteiger partial charge in [0.05, 0.1) is 5.75 Å². The minimum atomic E-state index is -3.05. The summed E-state index contributed by atoms with van der Waals surface area (Å²) < 4.78 is 26.8. The lowest BCUT2D eigenvalue weighted by Crippen LogP contribution is -2.30. The normalized spacial score (nSPS) is 18.6. The first-order valence-corrected chi connectivity index (χ1v) is 9.33. The predicted octanol–water partition coefficient (Wildman–Crippen LogP) is 0.869. The van der Waals surface area contributed by atoms with Crippen molar-refractivity contribution in [2.75, 3.05) is 30.7 Å². The van der Waals surface area contributed by atoms with Crippen LogP contribution in [0.5, 0.6) is 0 Å². The number of fused-ring (bicyclic) bond motifs is 1. The van der Waals surface area contributed by atoms with Crippen molar-refractivity contribution in [3.63, 3.8) is 0 Å². The van der Waals surface area contributed by atoms with E-state index in [1.165, 1.54) is 4.31 Å². The van der Waals surface area contributed by atoms with Gasteiger partial charge in [0.15, 0.2) is 11.5 Å². The first-order valence-electron chi connectivity index (χ1n) is 7.72. The number of sulfonamides is 1. The van der Waals surface area contributed by atoms with Crippen LogP contribution in [-0.2, 0) is 15.4 Å². The summed E-state index contributed by atoms with van der Waals surface area (Å²) in [4.78, 5) is 0. The zero-order chi connectivity index (χ0) is 16.7. The second-order valence-electron chi connectivity index (χ2n) is 6.76. The third kappa shape index (κ3) is 3.30. The molecule has 1 saturated heterocycles. The number of nitrogens with zero attached hydrogens (tertiary/aromatic N) is 5. The summed E-state index contributed by atoms with van der Waals surface area (Å²) in [5, 5.41) is 16.0. The van der Waals surface area contributed by atoms with Crippen molar-refractivity contribution in [2.45, 2.75) is 32.6 Å². The van der Waals surface area contributed by atoms with Crippen LogP contribution in [-0.4, -0.2) is 57.9 Å². The van der Waals surface area contributed by atoms with Gasteiger partial charge in [-0.05, 0) is 18.6 Å². The highest BCUT2D eigenvalue weighted by atomic mass is 32.2. The molecule has 8 nitrogen and oxygen atoms in total. The highest BCUT2D eigenvalue weighted by Gasteiger charge is 2.27. The lowest BCUT2D eigenvalue weighted by atomic mass is 9.96. The fraction of sp³-hybridized carbons (Fsp3) is 0.643. The molecule has 23 heavy (non-hydrogen) atoms. The van der Waals surface area contributed by atoms with Crippen LogP contribution in [0.25, 0.3) is 5.65 Å². The quantitative estimate of drug-likeness (QED) is 0.889. The molecule has 0 spiro atoms. The van der Waals surface area contributed by atoms with Crippen molar-refractivity contribution < 1.29 is 8.42 Å². The van der Waals surface area contributed by atoms with Crippen LogP contribution in [0.1, 0.15) is 33.0 Å². The van der Waals surface area contributed by atoms with Crippen LogP contribution in [0, 0.1) is 0 Å². The summed E-state index contributed by atoms with van der Waals surface area (Å²) in [6.45, 7) is 7.76. The van der Waals surface area contributed by atoms with Crippen LogP contribution >= 0.6 is 0 Å². The molecule has 1 N–H and O–H groups in total. The third-order valence-corrected chi connectivity index (χ3v) is 5.76. The van der Waals surface area contributed by atoms with E-state index in [-0.39, 0.29) is 11.2 Å². The summed E-state index contributed by atoms with van der Waals surface area (Å²) in [7, 11) is -3.05. The van der Waals surface area contributed by atoms with E-state index in [9.17, 15) is 8.42 Å². The van der Waals surface area contributed by atoms with Gasteiger partial charge in [-0.2, -0.15) is 4.52 Å². The molecular formula is C14H22N6O2S. The molecule has 0 bridgehead atoms. The predicted molar refractivity (Wildman–Crippen MR) is 87.9 cm³/mol. The summed E-state index contributed by atoms with van der Waals surface area (Å²) in [5.41, 5.74) is 0.539. The second-order valence-corrected chi connectivity index (χ2v) is 8.85. The second kappa shape index (κ2) is 5.72. The molecule has 1 aliphatic rings. The van der Waals surface area contributed by atoms with Crippen molar-refractivity contribution in [1.82, 2.24) is 24.1 Å². The molecule has 1 aliphatic heterocycles. The minimum Gasteiger partial charge on any atom is -0.367 e. The number of rotatable bonds is 4. The van der Waals surface area contributed by atoms with E-state index in [0.29, 0.717) is 37.5 Å². The Morgan fingerprint density at radius 2 is 2.04 bits per heavy atom. The van der Waals surface area contributed by atoms with Crippen molar-refractivity contribution in [1.29, 1.82) is 0 Å². The maximum absolute atomic E-state index is 11.8. The Labute approximate surface area is 135 Å². The molecule has 2 aromatic rings. The number of hydrogen-bond acceptors (Lipinski definition) is 6. The first kappa shape index (κ1) is 16.1. The fourth-order valence-corrected chi connectivity index (χ4v) is 4.13. The molecular weight excluding hydrogens is 316 g/mol. The molecule has 2 aromatic heterocycles. The summed E-state index contributed by atoms with van der Waals surface area (Å²) in [6.07, 6.45) is 0.711. The van der Waals surface area contributed by atoms with Gasteiger partial charge in [-0.1, -0.05) is 20.8 Å². The SMILES string of the molecule is CC(C)(C)c1nnc2ccc(NCCN3CCCS3(=O)=O)nn12. The van der Waals surface area contributed by atoms with Gasteiger partial charge in [-0.3, -0.25) is 0 Å². The highest BCUT2D eigenvalue weighted by Crippen LogP contribution is 2.20. The van der Waals surface area contributed by atoms with E-state index >= 15 is 0 Å². The molecule has 0 radical (unpaired) electrons. The molecule has 0 aromatic carbocycles. The zero-order valence-electron chi connectivity index (χ0n) is 13.7. The molecule has 0 unspecified atom stereocenters. The molecule has 3 rings (SSSR count). The Balaban J connectivity index is 1.71. The molecule has 0 aliphatic carbocycles. The lowest BCUT2D eigenvalue weighted by molar-refractivity contribution is 0.456. The summed E-state index contributed by atoms with van der Waals surface area (Å²) in [6, 6.07) is 3.68. The Morgan fingerprint density at radius 1 is 1.26 bits per heavy atom. The topological polar surface area (TPSA) is 92.5 Å². The molecule has 1 fully saturated rings. The highest BCUT2D eigenvalue weighted by molar-refractivity contribution is 7.89.